The minimum atomic E-state index is -0.390. The number of halogens is 1. The minimum absolute atomic E-state index is 0.390. The number of benzene rings is 2. The first-order valence-corrected chi connectivity index (χ1v) is 7.90. The van der Waals surface area contributed by atoms with Crippen molar-refractivity contribution in [2.45, 2.75) is 26.2 Å². The van der Waals surface area contributed by atoms with Crippen LogP contribution in [0.1, 0.15) is 18.1 Å². The molecule has 0 aliphatic heterocycles. The van der Waals surface area contributed by atoms with Gasteiger partial charge >= 0.3 is 0 Å². The van der Waals surface area contributed by atoms with Crippen LogP contribution in [0.15, 0.2) is 42.5 Å². The lowest BCUT2D eigenvalue weighted by Crippen LogP contribution is -2.24. The molecule has 2 aromatic rings. The number of ether oxygens (including phenoxy) is 2. The van der Waals surface area contributed by atoms with Gasteiger partial charge in [-0.3, -0.25) is 0 Å². The summed E-state index contributed by atoms with van der Waals surface area (Å²) in [6.45, 7) is 3.29. The van der Waals surface area contributed by atoms with Gasteiger partial charge in [0.15, 0.2) is 11.5 Å². The van der Waals surface area contributed by atoms with Crippen LogP contribution < -0.4 is 14.8 Å². The van der Waals surface area contributed by atoms with Crippen molar-refractivity contribution in [3.05, 3.63) is 58.6 Å². The van der Waals surface area contributed by atoms with Gasteiger partial charge in [-0.25, -0.2) is 0 Å². The predicted molar refractivity (Wildman–Crippen MR) is 92.2 cm³/mol. The summed E-state index contributed by atoms with van der Waals surface area (Å²) in [4.78, 5) is 0. The van der Waals surface area contributed by atoms with E-state index in [1.165, 1.54) is 0 Å². The molecule has 23 heavy (non-hydrogen) atoms. The molecule has 0 unspecified atom stereocenters. The number of aliphatic hydroxyl groups is 1. The summed E-state index contributed by atoms with van der Waals surface area (Å²) < 4.78 is 11.4. The quantitative estimate of drug-likeness (QED) is 0.776. The third kappa shape index (κ3) is 5.43. The van der Waals surface area contributed by atoms with E-state index in [1.807, 2.05) is 42.5 Å². The number of aliphatic hydroxyl groups excluding tert-OH is 1. The summed E-state index contributed by atoms with van der Waals surface area (Å²) >= 11 is 5.89. The highest BCUT2D eigenvalue weighted by Crippen LogP contribution is 2.31. The highest BCUT2D eigenvalue weighted by molar-refractivity contribution is 6.30. The molecule has 0 heterocycles. The van der Waals surface area contributed by atoms with E-state index in [2.05, 4.69) is 5.32 Å². The van der Waals surface area contributed by atoms with E-state index in [0.29, 0.717) is 36.2 Å². The molecule has 2 rings (SSSR count). The van der Waals surface area contributed by atoms with Crippen molar-refractivity contribution in [3.63, 3.8) is 0 Å². The lowest BCUT2D eigenvalue weighted by atomic mass is 10.1. The van der Waals surface area contributed by atoms with Gasteiger partial charge in [0.05, 0.1) is 13.2 Å². The average Bonchev–Trinajstić information content (AvgIpc) is 2.54. The van der Waals surface area contributed by atoms with Gasteiger partial charge in [-0.15, -0.1) is 0 Å². The summed E-state index contributed by atoms with van der Waals surface area (Å²) in [5.41, 5.74) is 2.02. The molecule has 0 bridgehead atoms. The van der Waals surface area contributed by atoms with E-state index in [0.717, 1.165) is 11.1 Å². The first-order valence-electron chi connectivity index (χ1n) is 7.52. The molecule has 0 fully saturated rings. The lowest BCUT2D eigenvalue weighted by molar-refractivity contribution is 0.190. The van der Waals surface area contributed by atoms with Crippen molar-refractivity contribution in [3.8, 4) is 11.5 Å². The van der Waals surface area contributed by atoms with E-state index in [9.17, 15) is 5.11 Å². The van der Waals surface area contributed by atoms with Crippen molar-refractivity contribution in [1.29, 1.82) is 0 Å². The number of nitrogens with one attached hydrogen (secondary N) is 1. The molecule has 0 aliphatic rings. The standard InChI is InChI=1S/C18H22ClNO3/c1-13(21)10-20-11-15-4-3-5-17(22-2)18(15)23-12-14-6-8-16(19)9-7-14/h3-9,13,20-21H,10-12H2,1-2H3/t13-/m0/s1. The number of para-hydroxylation sites is 1. The van der Waals surface area contributed by atoms with Gasteiger partial charge in [0.1, 0.15) is 6.61 Å². The highest BCUT2D eigenvalue weighted by Gasteiger charge is 2.11. The van der Waals surface area contributed by atoms with E-state index in [1.54, 1.807) is 14.0 Å². The number of hydrogen-bond donors (Lipinski definition) is 2. The topological polar surface area (TPSA) is 50.7 Å². The summed E-state index contributed by atoms with van der Waals surface area (Å²) in [5.74, 6) is 1.40. The van der Waals surface area contributed by atoms with Crippen molar-refractivity contribution in [2.75, 3.05) is 13.7 Å². The molecule has 5 heteroatoms. The molecule has 2 aromatic carbocycles. The zero-order valence-corrected chi connectivity index (χ0v) is 14.1. The maximum Gasteiger partial charge on any atom is 0.166 e. The first-order chi connectivity index (χ1) is 11.1. The Bertz CT molecular complexity index is 614. The Balaban J connectivity index is 2.09. The van der Waals surface area contributed by atoms with Crippen molar-refractivity contribution in [2.24, 2.45) is 0 Å². The second kappa shape index (κ2) is 8.77. The lowest BCUT2D eigenvalue weighted by Gasteiger charge is -2.16. The molecule has 0 saturated carbocycles. The SMILES string of the molecule is COc1cccc(CNC[C@H](C)O)c1OCc1ccc(Cl)cc1. The maximum absolute atomic E-state index is 9.35. The third-order valence-electron chi connectivity index (χ3n) is 3.33. The van der Waals surface area contributed by atoms with Crippen molar-refractivity contribution in [1.82, 2.24) is 5.32 Å². The Labute approximate surface area is 142 Å². The molecular weight excluding hydrogens is 314 g/mol. The normalized spacial score (nSPS) is 12.0. The molecule has 1 atom stereocenters. The van der Waals surface area contributed by atoms with Gasteiger partial charge in [-0.2, -0.15) is 0 Å². The minimum Gasteiger partial charge on any atom is -0.493 e. The first kappa shape index (κ1) is 17.6. The van der Waals surface area contributed by atoms with Crippen LogP contribution >= 0.6 is 11.6 Å². The fraction of sp³-hybridized carbons (Fsp3) is 0.333. The second-order valence-corrected chi connectivity index (χ2v) is 5.78. The Morgan fingerprint density at radius 2 is 1.91 bits per heavy atom. The molecule has 0 saturated heterocycles. The zero-order chi connectivity index (χ0) is 16.7. The van der Waals surface area contributed by atoms with Gasteiger partial charge in [0.25, 0.3) is 0 Å². The molecule has 124 valence electrons. The Morgan fingerprint density at radius 3 is 2.57 bits per heavy atom. The van der Waals surface area contributed by atoms with Gasteiger partial charge < -0.3 is 19.9 Å². The maximum atomic E-state index is 9.35. The fourth-order valence-corrected chi connectivity index (χ4v) is 2.30. The summed E-state index contributed by atoms with van der Waals surface area (Å²) in [7, 11) is 1.62. The smallest absolute Gasteiger partial charge is 0.166 e. The Morgan fingerprint density at radius 1 is 1.17 bits per heavy atom. The van der Waals surface area contributed by atoms with Gasteiger partial charge in [0.2, 0.25) is 0 Å². The number of methoxy groups -OCH3 is 1. The summed E-state index contributed by atoms with van der Waals surface area (Å²) in [5, 5.41) is 13.2. The highest BCUT2D eigenvalue weighted by atomic mass is 35.5. The van der Waals surface area contributed by atoms with Crippen LogP contribution in [0.2, 0.25) is 5.02 Å². The van der Waals surface area contributed by atoms with E-state index in [-0.39, 0.29) is 6.10 Å². The van der Waals surface area contributed by atoms with Gasteiger partial charge in [-0.1, -0.05) is 35.9 Å². The summed E-state index contributed by atoms with van der Waals surface area (Å²) in [6, 6.07) is 13.3. The molecule has 0 aromatic heterocycles. The number of hydrogen-bond acceptors (Lipinski definition) is 4. The zero-order valence-electron chi connectivity index (χ0n) is 13.4. The van der Waals surface area contributed by atoms with Crippen LogP contribution in [-0.2, 0) is 13.2 Å². The van der Waals surface area contributed by atoms with Crippen LogP contribution in [0.25, 0.3) is 0 Å². The van der Waals surface area contributed by atoms with Crippen molar-refractivity contribution < 1.29 is 14.6 Å². The number of rotatable bonds is 8. The monoisotopic (exact) mass is 335 g/mol. The third-order valence-corrected chi connectivity index (χ3v) is 3.58. The summed E-state index contributed by atoms with van der Waals surface area (Å²) in [6.07, 6.45) is -0.390. The second-order valence-electron chi connectivity index (χ2n) is 5.34. The van der Waals surface area contributed by atoms with Crippen LogP contribution in [0.5, 0.6) is 11.5 Å². The van der Waals surface area contributed by atoms with E-state index < -0.39 is 0 Å². The predicted octanol–water partition coefficient (Wildman–Crippen LogP) is 3.40. The van der Waals surface area contributed by atoms with Crippen LogP contribution in [0, 0.1) is 0 Å². The van der Waals surface area contributed by atoms with Crippen LogP contribution in [-0.4, -0.2) is 24.9 Å². The van der Waals surface area contributed by atoms with Gasteiger partial charge in [0, 0.05) is 23.7 Å². The van der Waals surface area contributed by atoms with Crippen LogP contribution in [0.4, 0.5) is 0 Å². The molecule has 0 radical (unpaired) electrons. The van der Waals surface area contributed by atoms with Crippen molar-refractivity contribution >= 4 is 11.6 Å². The fourth-order valence-electron chi connectivity index (χ4n) is 2.18. The molecule has 2 N–H and O–H groups in total. The molecule has 4 nitrogen and oxygen atoms in total. The molecular formula is C18H22ClNO3. The average molecular weight is 336 g/mol. The molecule has 0 aliphatic carbocycles. The molecule has 0 amide bonds. The van der Waals surface area contributed by atoms with E-state index in [4.69, 9.17) is 21.1 Å². The Kier molecular flexibility index (Phi) is 6.71. The Hall–Kier alpha value is -1.75. The molecule has 0 spiro atoms. The largest absolute Gasteiger partial charge is 0.493 e. The van der Waals surface area contributed by atoms with Gasteiger partial charge in [-0.05, 0) is 30.7 Å². The van der Waals surface area contributed by atoms with E-state index >= 15 is 0 Å². The van der Waals surface area contributed by atoms with Crippen LogP contribution in [0.3, 0.4) is 0 Å².